The molecule has 2 aromatic rings. The van der Waals surface area contributed by atoms with Gasteiger partial charge in [-0.05, 0) is 56.6 Å². The molecule has 198 valence electrons. The van der Waals surface area contributed by atoms with Crippen molar-refractivity contribution in [2.75, 3.05) is 0 Å². The summed E-state index contributed by atoms with van der Waals surface area (Å²) < 4.78 is 6.37. The van der Waals surface area contributed by atoms with E-state index in [4.69, 9.17) is 9.84 Å². The molecule has 0 amide bonds. The highest BCUT2D eigenvalue weighted by atomic mass is 16.5. The molecular formula is C32H46O4. The van der Waals surface area contributed by atoms with Crippen LogP contribution in [0.3, 0.4) is 0 Å². The van der Waals surface area contributed by atoms with E-state index >= 15 is 0 Å². The van der Waals surface area contributed by atoms with Crippen molar-refractivity contribution >= 4 is 11.8 Å². The van der Waals surface area contributed by atoms with Crippen molar-refractivity contribution in [1.82, 2.24) is 0 Å². The Bertz CT molecular complexity index is 864. The number of Topliss-reactive ketones (excluding diaryl/α,β-unsaturated/α-hetero) is 1. The van der Waals surface area contributed by atoms with Crippen LogP contribution in [0.4, 0.5) is 0 Å². The molecule has 0 aliphatic carbocycles. The van der Waals surface area contributed by atoms with Crippen LogP contribution in [-0.4, -0.2) is 23.0 Å². The maximum atomic E-state index is 13.2. The van der Waals surface area contributed by atoms with Gasteiger partial charge in [0.15, 0.2) is 0 Å². The van der Waals surface area contributed by atoms with Crippen LogP contribution in [0, 0.1) is 0 Å². The van der Waals surface area contributed by atoms with Gasteiger partial charge in [-0.15, -0.1) is 0 Å². The standard InChI is InChI=1S/C32H46O4/c1-3-4-9-21-30(36-26-28-17-10-7-11-18-28)22-16-25-32(27(2)33,29-19-12-8-13-20-29)24-15-6-5-14-23-31(34)35/h7-8,10-13,17-20,30H,3-6,9,14-16,21-26H2,1-2H3,(H,34,35). The number of carbonyl (C=O) groups excluding carboxylic acids is 1. The summed E-state index contributed by atoms with van der Waals surface area (Å²) in [7, 11) is 0. The fourth-order valence-electron chi connectivity index (χ4n) is 5.14. The predicted octanol–water partition coefficient (Wildman–Crippen LogP) is 8.27. The summed E-state index contributed by atoms with van der Waals surface area (Å²) in [5.74, 6) is -0.507. The van der Waals surface area contributed by atoms with E-state index in [1.807, 2.05) is 36.4 Å². The van der Waals surface area contributed by atoms with E-state index in [1.54, 1.807) is 6.92 Å². The zero-order chi connectivity index (χ0) is 26.1. The maximum absolute atomic E-state index is 13.2. The number of unbranched alkanes of at least 4 members (excludes halogenated alkanes) is 5. The molecule has 36 heavy (non-hydrogen) atoms. The van der Waals surface area contributed by atoms with E-state index in [1.165, 1.54) is 24.8 Å². The van der Waals surface area contributed by atoms with Gasteiger partial charge in [-0.3, -0.25) is 9.59 Å². The van der Waals surface area contributed by atoms with Gasteiger partial charge in [0.2, 0.25) is 0 Å². The second-order valence-corrected chi connectivity index (χ2v) is 10.1. The molecule has 0 bridgehead atoms. The molecule has 0 heterocycles. The molecule has 0 aliphatic rings. The number of hydrogen-bond acceptors (Lipinski definition) is 3. The Morgan fingerprint density at radius 1 is 0.806 bits per heavy atom. The van der Waals surface area contributed by atoms with Crippen LogP contribution in [0.5, 0.6) is 0 Å². The molecule has 0 aromatic heterocycles. The Morgan fingerprint density at radius 3 is 2.06 bits per heavy atom. The van der Waals surface area contributed by atoms with Gasteiger partial charge in [0.25, 0.3) is 0 Å². The van der Waals surface area contributed by atoms with Crippen LogP contribution in [0.25, 0.3) is 0 Å². The average Bonchev–Trinajstić information content (AvgIpc) is 2.88. The fourth-order valence-corrected chi connectivity index (χ4v) is 5.14. The lowest BCUT2D eigenvalue weighted by Crippen LogP contribution is -2.34. The quantitative estimate of drug-likeness (QED) is 0.188. The van der Waals surface area contributed by atoms with E-state index in [0.717, 1.165) is 56.9 Å². The number of carbonyl (C=O) groups is 2. The first-order valence-corrected chi connectivity index (χ1v) is 13.9. The summed E-state index contributed by atoms with van der Waals surface area (Å²) in [5.41, 5.74) is 1.82. The van der Waals surface area contributed by atoms with E-state index in [9.17, 15) is 9.59 Å². The summed E-state index contributed by atoms with van der Waals surface area (Å²) >= 11 is 0. The van der Waals surface area contributed by atoms with Gasteiger partial charge in [-0.1, -0.05) is 106 Å². The molecule has 2 aromatic carbocycles. The number of hydrogen-bond donors (Lipinski definition) is 1. The van der Waals surface area contributed by atoms with E-state index < -0.39 is 11.4 Å². The summed E-state index contributed by atoms with van der Waals surface area (Å²) in [6.45, 7) is 4.59. The summed E-state index contributed by atoms with van der Waals surface area (Å²) in [6.07, 6.45) is 12.1. The lowest BCUT2D eigenvalue weighted by Gasteiger charge is -2.33. The van der Waals surface area contributed by atoms with Crippen molar-refractivity contribution in [1.29, 1.82) is 0 Å². The third-order valence-electron chi connectivity index (χ3n) is 7.33. The van der Waals surface area contributed by atoms with Crippen LogP contribution >= 0.6 is 0 Å². The molecule has 0 saturated heterocycles. The molecule has 0 aliphatic heterocycles. The van der Waals surface area contributed by atoms with Crippen molar-refractivity contribution in [2.45, 2.75) is 115 Å². The van der Waals surface area contributed by atoms with Crippen LogP contribution in [0.15, 0.2) is 60.7 Å². The van der Waals surface area contributed by atoms with Gasteiger partial charge in [0, 0.05) is 6.42 Å². The number of carboxylic acids is 1. The van der Waals surface area contributed by atoms with Crippen molar-refractivity contribution in [3.8, 4) is 0 Å². The average molecular weight is 495 g/mol. The molecule has 0 radical (unpaired) electrons. The first-order valence-electron chi connectivity index (χ1n) is 13.9. The number of benzene rings is 2. The Kier molecular flexibility index (Phi) is 14.1. The summed E-state index contributed by atoms with van der Waals surface area (Å²) in [6, 6.07) is 20.6. The highest BCUT2D eigenvalue weighted by Crippen LogP contribution is 2.37. The summed E-state index contributed by atoms with van der Waals surface area (Å²) in [4.78, 5) is 24.0. The number of aliphatic carboxylic acids is 1. The van der Waals surface area contributed by atoms with Crippen molar-refractivity contribution in [2.24, 2.45) is 0 Å². The normalized spacial score (nSPS) is 13.7. The molecule has 4 heteroatoms. The summed E-state index contributed by atoms with van der Waals surface area (Å²) in [5, 5.41) is 8.88. The van der Waals surface area contributed by atoms with Gasteiger partial charge >= 0.3 is 5.97 Å². The minimum atomic E-state index is -0.736. The zero-order valence-electron chi connectivity index (χ0n) is 22.4. The van der Waals surface area contributed by atoms with Crippen molar-refractivity contribution in [3.05, 3.63) is 71.8 Å². The smallest absolute Gasteiger partial charge is 0.303 e. The highest BCUT2D eigenvalue weighted by Gasteiger charge is 2.36. The van der Waals surface area contributed by atoms with Crippen LogP contribution < -0.4 is 0 Å². The Balaban J connectivity index is 2.02. The van der Waals surface area contributed by atoms with E-state index in [0.29, 0.717) is 13.0 Å². The van der Waals surface area contributed by atoms with Crippen LogP contribution in [0.1, 0.15) is 108 Å². The molecule has 0 spiro atoms. The molecule has 4 nitrogen and oxygen atoms in total. The number of ketones is 1. The number of carboxylic acid groups (broad SMARTS) is 1. The van der Waals surface area contributed by atoms with E-state index in [2.05, 4.69) is 31.2 Å². The van der Waals surface area contributed by atoms with Gasteiger partial charge < -0.3 is 9.84 Å². The van der Waals surface area contributed by atoms with E-state index in [-0.39, 0.29) is 18.3 Å². The lowest BCUT2D eigenvalue weighted by atomic mass is 9.70. The SMILES string of the molecule is CCCCCC(CCCC(CCCCCCC(=O)O)(C(C)=O)c1ccccc1)OCc1ccccc1. The first-order chi connectivity index (χ1) is 17.5. The third-order valence-corrected chi connectivity index (χ3v) is 7.33. The fraction of sp³-hybridized carbons (Fsp3) is 0.562. The highest BCUT2D eigenvalue weighted by molar-refractivity contribution is 5.88. The second-order valence-electron chi connectivity index (χ2n) is 10.1. The Morgan fingerprint density at radius 2 is 1.42 bits per heavy atom. The second kappa shape index (κ2) is 17.1. The van der Waals surface area contributed by atoms with Crippen LogP contribution in [0.2, 0.25) is 0 Å². The monoisotopic (exact) mass is 494 g/mol. The molecule has 2 rings (SSSR count). The van der Waals surface area contributed by atoms with Crippen molar-refractivity contribution < 1.29 is 19.4 Å². The van der Waals surface area contributed by atoms with Gasteiger partial charge in [-0.2, -0.15) is 0 Å². The first kappa shape index (κ1) is 29.8. The lowest BCUT2D eigenvalue weighted by molar-refractivity contribution is -0.137. The predicted molar refractivity (Wildman–Crippen MR) is 147 cm³/mol. The molecule has 0 fully saturated rings. The Labute approximate surface area is 218 Å². The topological polar surface area (TPSA) is 63.6 Å². The number of ether oxygens (including phenoxy) is 1. The van der Waals surface area contributed by atoms with Crippen molar-refractivity contribution in [3.63, 3.8) is 0 Å². The minimum Gasteiger partial charge on any atom is -0.481 e. The number of rotatable bonds is 20. The zero-order valence-corrected chi connectivity index (χ0v) is 22.4. The molecule has 2 unspecified atom stereocenters. The Hall–Kier alpha value is -2.46. The molecule has 1 N–H and O–H groups in total. The molecular weight excluding hydrogens is 448 g/mol. The molecule has 2 atom stereocenters. The minimum absolute atomic E-state index is 0.202. The van der Waals surface area contributed by atoms with Crippen LogP contribution in [-0.2, 0) is 26.3 Å². The molecule has 0 saturated carbocycles. The van der Waals surface area contributed by atoms with Gasteiger partial charge in [0.05, 0.1) is 18.1 Å². The van der Waals surface area contributed by atoms with Gasteiger partial charge in [-0.25, -0.2) is 0 Å². The maximum Gasteiger partial charge on any atom is 0.303 e. The largest absolute Gasteiger partial charge is 0.481 e. The third kappa shape index (κ3) is 10.7. The van der Waals surface area contributed by atoms with Gasteiger partial charge in [0.1, 0.15) is 5.78 Å².